The Kier molecular flexibility index (Phi) is 11.0. The predicted octanol–water partition coefficient (Wildman–Crippen LogP) is 6.37. The minimum Gasteiger partial charge on any atom is -0.497 e. The lowest BCUT2D eigenvalue weighted by Crippen LogP contribution is -2.53. The molecule has 1 saturated carbocycles. The first kappa shape index (κ1) is 32.6. The Bertz CT molecular complexity index is 1530. The fourth-order valence-electron chi connectivity index (χ4n) is 5.24. The zero-order chi connectivity index (χ0) is 31.1. The zero-order valence-electron chi connectivity index (χ0n) is 24.6. The van der Waals surface area contributed by atoms with Gasteiger partial charge in [0, 0.05) is 12.6 Å². The van der Waals surface area contributed by atoms with Crippen LogP contribution in [0, 0.1) is 6.92 Å². The van der Waals surface area contributed by atoms with E-state index in [9.17, 15) is 18.0 Å². The predicted molar refractivity (Wildman–Crippen MR) is 170 cm³/mol. The third-order valence-corrected chi connectivity index (χ3v) is 10.2. The second-order valence-electron chi connectivity index (χ2n) is 10.7. The number of nitrogens with zero attached hydrogens (tertiary/aromatic N) is 2. The van der Waals surface area contributed by atoms with Crippen LogP contribution in [-0.2, 0) is 26.2 Å². The van der Waals surface area contributed by atoms with E-state index >= 15 is 0 Å². The number of hydrogen-bond donors (Lipinski definition) is 1. The SMILES string of the molecule is CC[C@@H](C(=O)NC1CCCC1)N(Cc1ccc(Cl)c(Cl)c1)C(=O)CN(c1ccc(C)cc1)S(=O)(=O)c1ccc(OC)cc1. The highest BCUT2D eigenvalue weighted by atomic mass is 35.5. The van der Waals surface area contributed by atoms with E-state index in [1.807, 2.05) is 13.8 Å². The van der Waals surface area contributed by atoms with Gasteiger partial charge in [0.25, 0.3) is 10.0 Å². The van der Waals surface area contributed by atoms with Crippen LogP contribution in [0.25, 0.3) is 0 Å². The van der Waals surface area contributed by atoms with Crippen molar-refractivity contribution in [3.63, 3.8) is 0 Å². The van der Waals surface area contributed by atoms with E-state index in [2.05, 4.69) is 5.32 Å². The topological polar surface area (TPSA) is 96.0 Å². The molecule has 0 heterocycles. The summed E-state index contributed by atoms with van der Waals surface area (Å²) >= 11 is 12.4. The molecule has 11 heteroatoms. The first-order chi connectivity index (χ1) is 20.5. The summed E-state index contributed by atoms with van der Waals surface area (Å²) < 4.78 is 34.3. The Labute approximate surface area is 264 Å². The molecule has 43 heavy (non-hydrogen) atoms. The Morgan fingerprint density at radius 1 is 0.977 bits per heavy atom. The van der Waals surface area contributed by atoms with E-state index in [0.717, 1.165) is 35.6 Å². The Morgan fingerprint density at radius 2 is 1.63 bits per heavy atom. The molecule has 0 radical (unpaired) electrons. The molecule has 2 amide bonds. The maximum Gasteiger partial charge on any atom is 0.264 e. The summed E-state index contributed by atoms with van der Waals surface area (Å²) in [6.45, 7) is 3.24. The number of rotatable bonds is 12. The molecule has 0 saturated heterocycles. The van der Waals surface area contributed by atoms with Crippen molar-refractivity contribution < 1.29 is 22.7 Å². The van der Waals surface area contributed by atoms with Gasteiger partial charge in [-0.1, -0.05) is 66.7 Å². The van der Waals surface area contributed by atoms with Gasteiger partial charge in [-0.15, -0.1) is 0 Å². The van der Waals surface area contributed by atoms with Crippen molar-refractivity contribution in [2.45, 2.75) is 69.5 Å². The molecule has 1 atom stereocenters. The van der Waals surface area contributed by atoms with Crippen LogP contribution in [0.3, 0.4) is 0 Å². The first-order valence-electron chi connectivity index (χ1n) is 14.3. The number of nitrogens with one attached hydrogen (secondary N) is 1. The minimum absolute atomic E-state index is 0.00345. The molecule has 1 N–H and O–H groups in total. The normalized spacial score (nSPS) is 14.3. The maximum atomic E-state index is 14.2. The van der Waals surface area contributed by atoms with Gasteiger partial charge in [0.2, 0.25) is 11.8 Å². The molecule has 1 fully saturated rings. The van der Waals surface area contributed by atoms with E-state index in [4.69, 9.17) is 27.9 Å². The number of benzene rings is 3. The number of anilines is 1. The molecule has 0 aromatic heterocycles. The Hall–Kier alpha value is -3.27. The summed E-state index contributed by atoms with van der Waals surface area (Å²) in [5, 5.41) is 3.79. The molecule has 0 unspecified atom stereocenters. The van der Waals surface area contributed by atoms with Crippen LogP contribution in [0.2, 0.25) is 10.0 Å². The molecule has 0 aliphatic heterocycles. The van der Waals surface area contributed by atoms with Gasteiger partial charge in [-0.25, -0.2) is 8.42 Å². The van der Waals surface area contributed by atoms with Gasteiger partial charge in [0.05, 0.1) is 27.7 Å². The molecule has 1 aliphatic carbocycles. The Balaban J connectivity index is 1.72. The van der Waals surface area contributed by atoms with E-state index in [1.165, 1.54) is 24.1 Å². The smallest absolute Gasteiger partial charge is 0.264 e. The monoisotopic (exact) mass is 645 g/mol. The minimum atomic E-state index is -4.19. The van der Waals surface area contributed by atoms with Crippen LogP contribution in [0.15, 0.2) is 71.6 Å². The lowest BCUT2D eigenvalue weighted by molar-refractivity contribution is -0.140. The summed E-state index contributed by atoms with van der Waals surface area (Å²) in [5.41, 5.74) is 1.93. The number of halogens is 2. The van der Waals surface area contributed by atoms with Crippen LogP contribution in [0.5, 0.6) is 5.75 Å². The van der Waals surface area contributed by atoms with Crippen molar-refractivity contribution in [2.75, 3.05) is 18.0 Å². The van der Waals surface area contributed by atoms with Crippen LogP contribution >= 0.6 is 23.2 Å². The van der Waals surface area contributed by atoms with E-state index in [-0.39, 0.29) is 23.4 Å². The van der Waals surface area contributed by atoms with Gasteiger partial charge in [-0.05, 0) is 80.3 Å². The van der Waals surface area contributed by atoms with Crippen LogP contribution < -0.4 is 14.4 Å². The fraction of sp³-hybridized carbons (Fsp3) is 0.375. The molecule has 230 valence electrons. The molecular weight excluding hydrogens is 609 g/mol. The zero-order valence-corrected chi connectivity index (χ0v) is 26.9. The second-order valence-corrected chi connectivity index (χ2v) is 13.4. The average molecular weight is 647 g/mol. The second kappa shape index (κ2) is 14.5. The van der Waals surface area contributed by atoms with Crippen molar-refractivity contribution in [3.05, 3.63) is 87.9 Å². The molecule has 0 bridgehead atoms. The van der Waals surface area contributed by atoms with Gasteiger partial charge in [0.15, 0.2) is 0 Å². The highest BCUT2D eigenvalue weighted by Gasteiger charge is 2.34. The summed E-state index contributed by atoms with van der Waals surface area (Å²) in [5.74, 6) is -0.288. The third kappa shape index (κ3) is 8.02. The van der Waals surface area contributed by atoms with Gasteiger partial charge in [-0.2, -0.15) is 0 Å². The first-order valence-corrected chi connectivity index (χ1v) is 16.5. The fourth-order valence-corrected chi connectivity index (χ4v) is 6.97. The number of methoxy groups -OCH3 is 1. The molecule has 8 nitrogen and oxygen atoms in total. The van der Waals surface area contributed by atoms with Gasteiger partial charge < -0.3 is 15.0 Å². The van der Waals surface area contributed by atoms with E-state index < -0.39 is 28.5 Å². The Morgan fingerprint density at radius 3 is 2.21 bits per heavy atom. The van der Waals surface area contributed by atoms with Crippen molar-refractivity contribution in [2.24, 2.45) is 0 Å². The molecule has 3 aromatic rings. The van der Waals surface area contributed by atoms with Crippen molar-refractivity contribution in [3.8, 4) is 5.75 Å². The van der Waals surface area contributed by atoms with Crippen LogP contribution in [-0.4, -0.2) is 50.9 Å². The number of hydrogen-bond acceptors (Lipinski definition) is 5. The number of sulfonamides is 1. The van der Waals surface area contributed by atoms with Gasteiger partial charge in [0.1, 0.15) is 18.3 Å². The summed E-state index contributed by atoms with van der Waals surface area (Å²) in [4.78, 5) is 29.2. The number of amides is 2. The molecular formula is C32H37Cl2N3O5S. The van der Waals surface area contributed by atoms with Crippen LogP contribution in [0.4, 0.5) is 5.69 Å². The summed E-state index contributed by atoms with van der Waals surface area (Å²) in [6, 6.07) is 17.1. The molecule has 0 spiro atoms. The number of aryl methyl sites for hydroxylation is 1. The number of carbonyl (C=O) groups excluding carboxylic acids is 2. The lowest BCUT2D eigenvalue weighted by Gasteiger charge is -2.34. The molecule has 1 aliphatic rings. The van der Waals surface area contributed by atoms with E-state index in [1.54, 1.807) is 54.6 Å². The van der Waals surface area contributed by atoms with Crippen molar-refractivity contribution in [1.29, 1.82) is 0 Å². The highest BCUT2D eigenvalue weighted by Crippen LogP contribution is 2.28. The maximum absolute atomic E-state index is 14.2. The van der Waals surface area contributed by atoms with Crippen LogP contribution in [0.1, 0.15) is 50.2 Å². The largest absolute Gasteiger partial charge is 0.497 e. The third-order valence-electron chi connectivity index (χ3n) is 7.67. The van der Waals surface area contributed by atoms with Gasteiger partial charge >= 0.3 is 0 Å². The summed E-state index contributed by atoms with van der Waals surface area (Å²) in [7, 11) is -2.69. The average Bonchev–Trinajstić information content (AvgIpc) is 3.51. The lowest BCUT2D eigenvalue weighted by atomic mass is 10.1. The quantitative estimate of drug-likeness (QED) is 0.247. The van der Waals surface area contributed by atoms with Crippen molar-refractivity contribution in [1.82, 2.24) is 10.2 Å². The number of carbonyl (C=O) groups is 2. The molecule has 3 aromatic carbocycles. The van der Waals surface area contributed by atoms with E-state index in [0.29, 0.717) is 33.5 Å². The highest BCUT2D eigenvalue weighted by molar-refractivity contribution is 7.92. The standard InChI is InChI=1S/C32H37Cl2N3O5S/c1-4-30(32(39)35-24-7-5-6-8-24)36(20-23-11-18-28(33)29(34)19-23)31(38)21-37(25-12-9-22(2)10-13-25)43(40,41)27-16-14-26(42-3)15-17-27/h9-19,24,30H,4-8,20-21H2,1-3H3,(H,35,39)/t30-/m0/s1. The van der Waals surface area contributed by atoms with Gasteiger partial charge in [-0.3, -0.25) is 13.9 Å². The summed E-state index contributed by atoms with van der Waals surface area (Å²) in [6.07, 6.45) is 4.21. The number of ether oxygens (including phenoxy) is 1. The molecule has 4 rings (SSSR count). The van der Waals surface area contributed by atoms with Crippen molar-refractivity contribution >= 4 is 50.7 Å².